The zero-order valence-corrected chi connectivity index (χ0v) is 39.5. The van der Waals surface area contributed by atoms with Gasteiger partial charge in [-0.2, -0.15) is 4.90 Å². The van der Waals surface area contributed by atoms with Gasteiger partial charge in [0.1, 0.15) is 40.5 Å². The number of rotatable bonds is 11. The molecule has 61 heavy (non-hydrogen) atoms. The fourth-order valence-corrected chi connectivity index (χ4v) is 7.28. The number of nitrogens with zero attached hydrogens (tertiary/aromatic N) is 9. The summed E-state index contributed by atoms with van der Waals surface area (Å²) >= 11 is 2.17. The first-order valence-electron chi connectivity index (χ1n) is 20.0. The van der Waals surface area contributed by atoms with Gasteiger partial charge in [-0.25, -0.2) is 34.2 Å². The van der Waals surface area contributed by atoms with Crippen LogP contribution in [0.15, 0.2) is 43.0 Å². The highest BCUT2D eigenvalue weighted by atomic mass is 127. The molecule has 18 nitrogen and oxygen atoms in total. The molecule has 0 N–H and O–H groups in total. The van der Waals surface area contributed by atoms with Gasteiger partial charge in [-0.3, -0.25) is 9.88 Å². The third-order valence-electron chi connectivity index (χ3n) is 9.19. The minimum atomic E-state index is -0.997. The van der Waals surface area contributed by atoms with Crippen LogP contribution >= 0.6 is 28.5 Å². The molecule has 1 atom stereocenters. The van der Waals surface area contributed by atoms with Gasteiger partial charge in [0.2, 0.25) is 0 Å². The second-order valence-electron chi connectivity index (χ2n) is 17.5. The second kappa shape index (κ2) is 18.9. The van der Waals surface area contributed by atoms with Crippen molar-refractivity contribution in [2.24, 2.45) is 0 Å². The molecule has 3 aromatic heterocycles. The van der Waals surface area contributed by atoms with Crippen LogP contribution in [-0.4, -0.2) is 123 Å². The van der Waals surface area contributed by atoms with Crippen LogP contribution < -0.4 is 19.4 Å². The summed E-state index contributed by atoms with van der Waals surface area (Å²) in [5.74, 6) is 0.549. The number of piperazine rings is 1. The van der Waals surface area contributed by atoms with Crippen LogP contribution in [0.25, 0.3) is 17.0 Å². The number of halogens is 1. The Labute approximate surface area is 370 Å². The normalized spacial score (nSPS) is 15.5. The van der Waals surface area contributed by atoms with Crippen LogP contribution in [0.2, 0.25) is 0 Å². The second-order valence-corrected chi connectivity index (χ2v) is 19.3. The molecule has 2 saturated heterocycles. The predicted molar refractivity (Wildman–Crippen MR) is 241 cm³/mol. The highest BCUT2D eigenvalue weighted by molar-refractivity contribution is 14.2. The first-order valence-corrected chi connectivity index (χ1v) is 24.0. The molecule has 0 aliphatic carbocycles. The molecule has 4 aromatic rings. The van der Waals surface area contributed by atoms with Gasteiger partial charge >= 0.3 is 18.3 Å². The SMILES string of the molecule is Cc1ncc(-c2cn3ccnc3c(N(C(=O)OC(C)(C)C)c3ccc(N4CCN(C5COC5)CC4)c(OCCOPI)c3)n2)nc1N(C(=O)OC(C)(C)C)C(=O)OC(C)(C)C. The third kappa shape index (κ3) is 11.7. The lowest BCUT2D eigenvalue weighted by molar-refractivity contribution is -0.0660. The first-order chi connectivity index (χ1) is 28.7. The van der Waals surface area contributed by atoms with Crippen LogP contribution in [0.5, 0.6) is 5.75 Å². The minimum Gasteiger partial charge on any atom is -0.489 e. The molecule has 0 bridgehead atoms. The summed E-state index contributed by atoms with van der Waals surface area (Å²) in [6.07, 6.45) is 3.70. The van der Waals surface area contributed by atoms with Crippen molar-refractivity contribution in [2.45, 2.75) is 92.1 Å². The van der Waals surface area contributed by atoms with E-state index in [1.54, 1.807) is 98.3 Å². The lowest BCUT2D eigenvalue weighted by Gasteiger charge is -2.43. The van der Waals surface area contributed by atoms with E-state index in [0.717, 1.165) is 50.0 Å². The highest BCUT2D eigenvalue weighted by Crippen LogP contribution is 2.39. The number of hydrogen-bond acceptors (Lipinski definition) is 15. The molecule has 2 fully saturated rings. The summed E-state index contributed by atoms with van der Waals surface area (Å²) in [5, 5.41) is 0. The molecular formula is C41H55IN9O9P. The zero-order chi connectivity index (χ0) is 44.3. The van der Waals surface area contributed by atoms with E-state index < -0.39 is 35.1 Å². The average Bonchev–Trinajstić information content (AvgIpc) is 3.61. The summed E-state index contributed by atoms with van der Waals surface area (Å²) in [6, 6.07) is 6.02. The number of hydrogen-bond donors (Lipinski definition) is 0. The lowest BCUT2D eigenvalue weighted by Crippen LogP contribution is -2.56. The van der Waals surface area contributed by atoms with Gasteiger partial charge in [0, 0.05) is 50.8 Å². The number of amides is 3. The number of carbonyl (C=O) groups excluding carboxylic acids is 3. The third-order valence-corrected chi connectivity index (χ3v) is 10.4. The van der Waals surface area contributed by atoms with Crippen molar-refractivity contribution >= 4 is 75.4 Å². The lowest BCUT2D eigenvalue weighted by atomic mass is 10.1. The molecular weight excluding hydrogens is 920 g/mol. The van der Waals surface area contributed by atoms with E-state index in [-0.39, 0.29) is 41.8 Å². The van der Waals surface area contributed by atoms with E-state index in [0.29, 0.717) is 29.7 Å². The van der Waals surface area contributed by atoms with Gasteiger partial charge in [0.05, 0.1) is 55.6 Å². The van der Waals surface area contributed by atoms with Gasteiger partial charge in [-0.05, 0) is 103 Å². The molecule has 0 radical (unpaired) electrons. The molecule has 330 valence electrons. The monoisotopic (exact) mass is 975 g/mol. The van der Waals surface area contributed by atoms with Crippen LogP contribution in [0.4, 0.5) is 37.4 Å². The number of anilines is 4. The van der Waals surface area contributed by atoms with Crippen molar-refractivity contribution in [3.05, 3.63) is 48.7 Å². The number of fused-ring (bicyclic) bond motifs is 1. The van der Waals surface area contributed by atoms with Crippen molar-refractivity contribution in [2.75, 3.05) is 67.3 Å². The van der Waals surface area contributed by atoms with Crippen LogP contribution in [0.3, 0.4) is 0 Å². The number of aryl methyl sites for hydroxylation is 1. The Balaban J connectivity index is 1.45. The summed E-state index contributed by atoms with van der Waals surface area (Å²) in [6.45, 7) is 22.9. The molecule has 1 aromatic carbocycles. The Kier molecular flexibility index (Phi) is 14.3. The van der Waals surface area contributed by atoms with Gasteiger partial charge in [-0.15, -0.1) is 0 Å². The summed E-state index contributed by atoms with van der Waals surface area (Å²) in [4.78, 5) is 67.4. The Bertz CT molecular complexity index is 2180. The van der Waals surface area contributed by atoms with Crippen LogP contribution in [0.1, 0.15) is 68.0 Å². The Morgan fingerprint density at radius 2 is 1.46 bits per heavy atom. The molecule has 6 rings (SSSR count). The Morgan fingerprint density at radius 1 is 0.836 bits per heavy atom. The average molecular weight is 976 g/mol. The van der Waals surface area contributed by atoms with E-state index in [1.165, 1.54) is 11.1 Å². The summed E-state index contributed by atoms with van der Waals surface area (Å²) in [7, 11) is 0. The molecule has 2 aliphatic rings. The number of aromatic nitrogens is 5. The zero-order valence-electron chi connectivity index (χ0n) is 36.4. The van der Waals surface area contributed by atoms with E-state index in [4.69, 9.17) is 38.2 Å². The van der Waals surface area contributed by atoms with Crippen LogP contribution in [-0.2, 0) is 23.5 Å². The number of ether oxygens (including phenoxy) is 5. The maximum absolute atomic E-state index is 14.5. The fraction of sp³-hybridized carbons (Fsp3) is 0.537. The van der Waals surface area contributed by atoms with Crippen molar-refractivity contribution < 1.29 is 42.6 Å². The van der Waals surface area contributed by atoms with E-state index in [9.17, 15) is 14.4 Å². The van der Waals surface area contributed by atoms with E-state index in [2.05, 4.69) is 41.8 Å². The molecule has 2 aliphatic heterocycles. The highest BCUT2D eigenvalue weighted by Gasteiger charge is 2.36. The van der Waals surface area contributed by atoms with Gasteiger partial charge < -0.3 is 37.5 Å². The number of benzene rings is 1. The van der Waals surface area contributed by atoms with E-state index in [1.807, 2.05) is 12.1 Å². The topological polar surface area (TPSA) is 176 Å². The number of imide groups is 1. The molecule has 0 saturated carbocycles. The maximum atomic E-state index is 14.5. The molecule has 1 unspecified atom stereocenters. The van der Waals surface area contributed by atoms with Gasteiger partial charge in [0.25, 0.3) is 0 Å². The maximum Gasteiger partial charge on any atom is 0.425 e. The smallest absolute Gasteiger partial charge is 0.425 e. The van der Waals surface area contributed by atoms with Gasteiger partial charge in [-0.1, -0.05) is 0 Å². The summed E-state index contributed by atoms with van der Waals surface area (Å²) in [5.41, 5.74) is -0.519. The minimum absolute atomic E-state index is 0.112. The quantitative estimate of drug-likeness (QED) is 0.0610. The molecule has 20 heteroatoms. The Morgan fingerprint density at radius 3 is 2.05 bits per heavy atom. The van der Waals surface area contributed by atoms with Crippen molar-refractivity contribution in [1.29, 1.82) is 0 Å². The fourth-order valence-electron chi connectivity index (χ4n) is 6.46. The van der Waals surface area contributed by atoms with Gasteiger partial charge in [0.15, 0.2) is 17.3 Å². The molecule has 0 spiro atoms. The van der Waals surface area contributed by atoms with Crippen LogP contribution in [0, 0.1) is 6.92 Å². The van der Waals surface area contributed by atoms with E-state index >= 15 is 0 Å². The van der Waals surface area contributed by atoms with Crippen molar-refractivity contribution in [1.82, 2.24) is 29.2 Å². The standard InChI is InChI=1S/C41H55IN9O9P/c1-26-33(51(37(53)59-40(5,6)7)38(54)60-41(8,9)10)45-29(22-44-26)30-23-49-14-13-43-34(49)35(46-30)50(36(52)58-39(2,3)4)27-11-12-31(32(21-27)56-19-20-57-61-42)48-17-15-47(16-18-48)28-24-55-25-28/h11-14,21-23,28,61H,15-20,24-25H2,1-10H3. The molecule has 5 heterocycles. The number of imidazole rings is 1. The Hall–Kier alpha value is -4.43. The number of carbonyl (C=O) groups is 3. The predicted octanol–water partition coefficient (Wildman–Crippen LogP) is 8.10. The van der Waals surface area contributed by atoms with Crippen molar-refractivity contribution in [3.63, 3.8) is 0 Å². The first kappa shape index (κ1) is 46.1. The summed E-state index contributed by atoms with van der Waals surface area (Å²) < 4.78 is 36.4. The van der Waals surface area contributed by atoms with Crippen molar-refractivity contribution in [3.8, 4) is 17.1 Å². The molecule has 3 amide bonds. The largest absolute Gasteiger partial charge is 0.489 e.